The highest BCUT2D eigenvalue weighted by Gasteiger charge is 2.41. The molecule has 16 heavy (non-hydrogen) atoms. The van der Waals surface area contributed by atoms with Gasteiger partial charge in [-0.2, -0.15) is 5.26 Å². The summed E-state index contributed by atoms with van der Waals surface area (Å²) in [5.74, 6) is -0.237. The van der Waals surface area contributed by atoms with Crippen LogP contribution in [0.5, 0.6) is 0 Å². The van der Waals surface area contributed by atoms with Crippen LogP contribution in [0.3, 0.4) is 0 Å². The van der Waals surface area contributed by atoms with Crippen LogP contribution >= 0.6 is 0 Å². The van der Waals surface area contributed by atoms with Gasteiger partial charge in [0.25, 0.3) is 0 Å². The minimum absolute atomic E-state index is 0.237. The molecule has 0 bridgehead atoms. The van der Waals surface area contributed by atoms with Crippen LogP contribution in [0.4, 0.5) is 4.79 Å². The number of nitrogens with two attached hydrogens (primary N) is 1. The maximum atomic E-state index is 11.8. The van der Waals surface area contributed by atoms with Crippen molar-refractivity contribution in [3.63, 3.8) is 0 Å². The number of primary amides is 1. The zero-order valence-corrected chi connectivity index (χ0v) is 9.08. The maximum absolute atomic E-state index is 11.8. The summed E-state index contributed by atoms with van der Waals surface area (Å²) in [5.41, 5.74) is 4.01. The lowest BCUT2D eigenvalue weighted by molar-refractivity contribution is -0.127. The Labute approximate surface area is 94.2 Å². The van der Waals surface area contributed by atoms with E-state index in [1.165, 1.54) is 0 Å². The zero-order valence-electron chi connectivity index (χ0n) is 9.08. The molecule has 3 amide bonds. The molecule has 6 nitrogen and oxygen atoms in total. The molecule has 0 spiro atoms. The van der Waals surface area contributed by atoms with Crippen molar-refractivity contribution in [3.8, 4) is 6.07 Å². The standard InChI is InChI=1S/C10H16N4O2/c11-7-10(3-1-2-4-10)8(15)13-5-6-14-9(12)16/h1-6H2,(H,13,15)(H3,12,14,16). The van der Waals surface area contributed by atoms with Crippen LogP contribution in [0.1, 0.15) is 25.7 Å². The molecule has 1 aliphatic carbocycles. The van der Waals surface area contributed by atoms with Gasteiger partial charge in [0.05, 0.1) is 6.07 Å². The van der Waals surface area contributed by atoms with Gasteiger partial charge in [0.15, 0.2) is 0 Å². The number of nitriles is 1. The highest BCUT2D eigenvalue weighted by Crippen LogP contribution is 2.37. The number of urea groups is 1. The quantitative estimate of drug-likeness (QED) is 0.578. The molecule has 0 aromatic rings. The van der Waals surface area contributed by atoms with Gasteiger partial charge < -0.3 is 16.4 Å². The van der Waals surface area contributed by atoms with Gasteiger partial charge in [-0.05, 0) is 12.8 Å². The number of carbonyl (C=O) groups excluding carboxylic acids is 2. The SMILES string of the molecule is N#CC1(C(=O)NCCNC(N)=O)CCCC1. The first-order valence-corrected chi connectivity index (χ1v) is 5.33. The predicted octanol–water partition coefficient (Wildman–Crippen LogP) is -0.145. The molecule has 1 fully saturated rings. The second-order valence-electron chi connectivity index (χ2n) is 3.95. The van der Waals surface area contributed by atoms with Crippen molar-refractivity contribution < 1.29 is 9.59 Å². The third-order valence-corrected chi connectivity index (χ3v) is 2.82. The molecule has 1 aliphatic rings. The van der Waals surface area contributed by atoms with Crippen molar-refractivity contribution in [3.05, 3.63) is 0 Å². The number of hydrogen-bond donors (Lipinski definition) is 3. The van der Waals surface area contributed by atoms with Gasteiger partial charge in [0.2, 0.25) is 5.91 Å². The number of hydrogen-bond acceptors (Lipinski definition) is 3. The Bertz CT molecular complexity index is 315. The highest BCUT2D eigenvalue weighted by molar-refractivity contribution is 5.85. The molecule has 88 valence electrons. The molecule has 0 unspecified atom stereocenters. The largest absolute Gasteiger partial charge is 0.353 e. The molecule has 0 heterocycles. The predicted molar refractivity (Wildman–Crippen MR) is 57.1 cm³/mol. The number of carbonyl (C=O) groups is 2. The van der Waals surface area contributed by atoms with E-state index in [4.69, 9.17) is 11.0 Å². The lowest BCUT2D eigenvalue weighted by Gasteiger charge is -2.19. The fraction of sp³-hybridized carbons (Fsp3) is 0.700. The molecular weight excluding hydrogens is 208 g/mol. The third kappa shape index (κ3) is 2.86. The first-order chi connectivity index (χ1) is 7.60. The molecule has 6 heteroatoms. The van der Waals surface area contributed by atoms with E-state index < -0.39 is 11.4 Å². The molecular formula is C10H16N4O2. The molecule has 0 aliphatic heterocycles. The fourth-order valence-electron chi connectivity index (χ4n) is 1.90. The van der Waals surface area contributed by atoms with Gasteiger partial charge in [-0.15, -0.1) is 0 Å². The van der Waals surface area contributed by atoms with Crippen molar-refractivity contribution in [2.24, 2.45) is 11.1 Å². The Balaban J connectivity index is 2.34. The number of nitrogens with zero attached hydrogens (tertiary/aromatic N) is 1. The third-order valence-electron chi connectivity index (χ3n) is 2.82. The summed E-state index contributed by atoms with van der Waals surface area (Å²) in [6.45, 7) is 0.577. The van der Waals surface area contributed by atoms with Crippen LogP contribution in [0.25, 0.3) is 0 Å². The molecule has 0 aromatic carbocycles. The maximum Gasteiger partial charge on any atom is 0.312 e. The lowest BCUT2D eigenvalue weighted by atomic mass is 9.87. The topological polar surface area (TPSA) is 108 Å². The average Bonchev–Trinajstić information content (AvgIpc) is 2.73. The Hall–Kier alpha value is -1.77. The fourth-order valence-corrected chi connectivity index (χ4v) is 1.90. The van der Waals surface area contributed by atoms with Crippen molar-refractivity contribution in [2.75, 3.05) is 13.1 Å². The van der Waals surface area contributed by atoms with Gasteiger partial charge in [0, 0.05) is 13.1 Å². The van der Waals surface area contributed by atoms with Crippen molar-refractivity contribution in [1.82, 2.24) is 10.6 Å². The minimum atomic E-state index is -0.854. The van der Waals surface area contributed by atoms with Crippen molar-refractivity contribution >= 4 is 11.9 Å². The van der Waals surface area contributed by atoms with Crippen LogP contribution in [-0.2, 0) is 4.79 Å². The lowest BCUT2D eigenvalue weighted by Crippen LogP contribution is -2.42. The summed E-state index contributed by atoms with van der Waals surface area (Å²) in [4.78, 5) is 22.1. The van der Waals surface area contributed by atoms with E-state index in [0.29, 0.717) is 19.4 Å². The summed E-state index contributed by atoms with van der Waals surface area (Å²) < 4.78 is 0. The van der Waals surface area contributed by atoms with Crippen LogP contribution in [0.2, 0.25) is 0 Å². The van der Waals surface area contributed by atoms with E-state index in [2.05, 4.69) is 16.7 Å². The second kappa shape index (κ2) is 5.35. The molecule has 0 radical (unpaired) electrons. The summed E-state index contributed by atoms with van der Waals surface area (Å²) in [6.07, 6.45) is 3.08. The summed E-state index contributed by atoms with van der Waals surface area (Å²) in [5, 5.41) is 14.0. The first-order valence-electron chi connectivity index (χ1n) is 5.33. The van der Waals surface area contributed by atoms with Gasteiger partial charge in [-0.3, -0.25) is 4.79 Å². The minimum Gasteiger partial charge on any atom is -0.353 e. The van der Waals surface area contributed by atoms with E-state index in [9.17, 15) is 9.59 Å². The van der Waals surface area contributed by atoms with E-state index in [0.717, 1.165) is 12.8 Å². The molecule has 1 saturated carbocycles. The van der Waals surface area contributed by atoms with Crippen LogP contribution in [0.15, 0.2) is 0 Å². The van der Waals surface area contributed by atoms with Crippen molar-refractivity contribution in [2.45, 2.75) is 25.7 Å². The molecule has 0 atom stereocenters. The Morgan fingerprint density at radius 3 is 2.31 bits per heavy atom. The van der Waals surface area contributed by atoms with Gasteiger partial charge in [0.1, 0.15) is 5.41 Å². The average molecular weight is 224 g/mol. The molecule has 4 N–H and O–H groups in total. The van der Waals surface area contributed by atoms with Crippen LogP contribution in [0, 0.1) is 16.7 Å². The van der Waals surface area contributed by atoms with E-state index in [-0.39, 0.29) is 12.5 Å². The van der Waals surface area contributed by atoms with Crippen molar-refractivity contribution in [1.29, 1.82) is 5.26 Å². The molecule has 0 aromatic heterocycles. The number of rotatable bonds is 4. The Morgan fingerprint density at radius 1 is 1.25 bits per heavy atom. The second-order valence-corrected chi connectivity index (χ2v) is 3.95. The normalized spacial score (nSPS) is 17.4. The summed E-state index contributed by atoms with van der Waals surface area (Å²) in [7, 11) is 0. The van der Waals surface area contributed by atoms with Gasteiger partial charge in [-0.25, -0.2) is 4.79 Å². The Kier molecular flexibility index (Phi) is 4.11. The highest BCUT2D eigenvalue weighted by atomic mass is 16.2. The molecule has 1 rings (SSSR count). The van der Waals surface area contributed by atoms with E-state index in [1.807, 2.05) is 0 Å². The number of nitrogens with one attached hydrogen (secondary N) is 2. The molecule has 0 saturated heterocycles. The Morgan fingerprint density at radius 2 is 1.81 bits per heavy atom. The van der Waals surface area contributed by atoms with Gasteiger partial charge >= 0.3 is 6.03 Å². The van der Waals surface area contributed by atoms with Crippen LogP contribution < -0.4 is 16.4 Å². The monoisotopic (exact) mass is 224 g/mol. The smallest absolute Gasteiger partial charge is 0.312 e. The van der Waals surface area contributed by atoms with Crippen LogP contribution in [-0.4, -0.2) is 25.0 Å². The first kappa shape index (κ1) is 12.3. The van der Waals surface area contributed by atoms with E-state index in [1.54, 1.807) is 0 Å². The number of amides is 3. The summed E-state index contributed by atoms with van der Waals surface area (Å²) >= 11 is 0. The summed E-state index contributed by atoms with van der Waals surface area (Å²) in [6, 6.07) is 1.48. The van der Waals surface area contributed by atoms with E-state index >= 15 is 0 Å². The zero-order chi connectivity index (χ0) is 12.0. The van der Waals surface area contributed by atoms with Gasteiger partial charge in [-0.1, -0.05) is 12.8 Å².